The van der Waals surface area contributed by atoms with Crippen molar-refractivity contribution in [2.75, 3.05) is 24.2 Å². The highest BCUT2D eigenvalue weighted by atomic mass is 35.5. The molecule has 0 radical (unpaired) electrons. The molecule has 0 heterocycles. The molecule has 1 amide bonds. The molecule has 0 unspecified atom stereocenters. The Bertz CT molecular complexity index is 962. The second-order valence-electron chi connectivity index (χ2n) is 7.17. The van der Waals surface area contributed by atoms with Crippen LogP contribution in [0.2, 0.25) is 5.02 Å². The molecule has 6 nitrogen and oxygen atoms in total. The van der Waals surface area contributed by atoms with Gasteiger partial charge < -0.3 is 10.1 Å². The van der Waals surface area contributed by atoms with Crippen LogP contribution in [0.4, 0.5) is 5.69 Å². The van der Waals surface area contributed by atoms with Gasteiger partial charge in [0.1, 0.15) is 5.75 Å². The quantitative estimate of drug-likeness (QED) is 0.577. The van der Waals surface area contributed by atoms with Crippen LogP contribution in [0.5, 0.6) is 5.75 Å². The molecule has 0 saturated heterocycles. The van der Waals surface area contributed by atoms with Crippen molar-refractivity contribution in [1.29, 1.82) is 0 Å². The lowest BCUT2D eigenvalue weighted by molar-refractivity contribution is -0.121. The molecule has 0 aliphatic heterocycles. The van der Waals surface area contributed by atoms with Crippen LogP contribution in [0.3, 0.4) is 0 Å². The number of carbonyl (C=O) groups excluding carboxylic acids is 1. The van der Waals surface area contributed by atoms with Crippen molar-refractivity contribution in [3.05, 3.63) is 58.6 Å². The highest BCUT2D eigenvalue weighted by molar-refractivity contribution is 7.92. The van der Waals surface area contributed by atoms with E-state index in [4.69, 9.17) is 16.3 Å². The lowest BCUT2D eigenvalue weighted by Crippen LogP contribution is -2.33. The van der Waals surface area contributed by atoms with Gasteiger partial charge in [0, 0.05) is 18.0 Å². The third kappa shape index (κ3) is 6.64. The van der Waals surface area contributed by atoms with Gasteiger partial charge in [-0.05, 0) is 55.2 Å². The number of nitrogens with zero attached hydrogens (tertiary/aromatic N) is 1. The van der Waals surface area contributed by atoms with Crippen molar-refractivity contribution < 1.29 is 17.9 Å². The van der Waals surface area contributed by atoms with Gasteiger partial charge in [0.25, 0.3) is 0 Å². The molecular formula is C22H29ClN2O4S. The molecule has 0 aromatic heterocycles. The zero-order chi connectivity index (χ0) is 22.3. The molecule has 0 spiro atoms. The summed E-state index contributed by atoms with van der Waals surface area (Å²) in [6.07, 6.45) is 2.52. The number of hydrogen-bond donors (Lipinski definition) is 1. The van der Waals surface area contributed by atoms with Crippen molar-refractivity contribution in [3.63, 3.8) is 0 Å². The van der Waals surface area contributed by atoms with Crippen LogP contribution >= 0.6 is 11.6 Å². The SMILES string of the molecule is CC[C@@H](NC(=O)CCCN(c1cc(Cl)ccc1C)S(C)(=O)=O)c1ccc(OC)cc1. The fraction of sp³-hybridized carbons (Fsp3) is 0.409. The number of rotatable bonds is 10. The van der Waals surface area contributed by atoms with Gasteiger partial charge in [0.05, 0.1) is 25.1 Å². The van der Waals surface area contributed by atoms with E-state index in [1.807, 2.05) is 38.1 Å². The summed E-state index contributed by atoms with van der Waals surface area (Å²) < 4.78 is 31.1. The van der Waals surface area contributed by atoms with Crippen LogP contribution in [0.15, 0.2) is 42.5 Å². The van der Waals surface area contributed by atoms with Crippen LogP contribution in [-0.4, -0.2) is 34.2 Å². The molecule has 0 aliphatic rings. The Hall–Kier alpha value is -2.25. The molecule has 0 aliphatic carbocycles. The Balaban J connectivity index is 2.00. The van der Waals surface area contributed by atoms with Gasteiger partial charge in [-0.1, -0.05) is 36.7 Å². The molecule has 0 bridgehead atoms. The molecule has 2 aromatic carbocycles. The number of ether oxygens (including phenoxy) is 1. The number of amides is 1. The Morgan fingerprint density at radius 2 is 1.87 bits per heavy atom. The van der Waals surface area contributed by atoms with Crippen molar-refractivity contribution in [3.8, 4) is 5.75 Å². The minimum atomic E-state index is -3.50. The Kier molecular flexibility index (Phi) is 8.55. The monoisotopic (exact) mass is 452 g/mol. The Labute approximate surface area is 184 Å². The van der Waals surface area contributed by atoms with E-state index in [2.05, 4.69) is 5.32 Å². The topological polar surface area (TPSA) is 75.7 Å². The smallest absolute Gasteiger partial charge is 0.232 e. The van der Waals surface area contributed by atoms with Gasteiger partial charge in [0.2, 0.25) is 15.9 Å². The summed E-state index contributed by atoms with van der Waals surface area (Å²) in [5.74, 6) is 0.644. The first-order chi connectivity index (χ1) is 14.2. The molecule has 2 aromatic rings. The second-order valence-corrected chi connectivity index (χ2v) is 9.51. The number of nitrogens with one attached hydrogen (secondary N) is 1. The van der Waals surface area contributed by atoms with Gasteiger partial charge in [-0.3, -0.25) is 9.10 Å². The maximum atomic E-state index is 12.5. The number of sulfonamides is 1. The summed E-state index contributed by atoms with van der Waals surface area (Å²) >= 11 is 6.05. The highest BCUT2D eigenvalue weighted by Crippen LogP contribution is 2.27. The number of carbonyl (C=O) groups is 1. The fourth-order valence-corrected chi connectivity index (χ4v) is 4.40. The molecule has 30 heavy (non-hydrogen) atoms. The van der Waals surface area contributed by atoms with Gasteiger partial charge in [-0.15, -0.1) is 0 Å². The van der Waals surface area contributed by atoms with Crippen molar-refractivity contribution in [2.45, 2.75) is 39.2 Å². The van der Waals surface area contributed by atoms with Crippen LogP contribution in [0, 0.1) is 6.92 Å². The molecule has 1 atom stereocenters. The van der Waals surface area contributed by atoms with Crippen molar-refractivity contribution in [2.24, 2.45) is 0 Å². The van der Waals surface area contributed by atoms with Crippen LogP contribution in [0.25, 0.3) is 0 Å². The van der Waals surface area contributed by atoms with E-state index in [0.717, 1.165) is 29.6 Å². The number of aryl methyl sites for hydroxylation is 1. The number of methoxy groups -OCH3 is 1. The third-order valence-electron chi connectivity index (χ3n) is 4.87. The first-order valence-corrected chi connectivity index (χ1v) is 12.1. The fourth-order valence-electron chi connectivity index (χ4n) is 3.22. The average Bonchev–Trinajstić information content (AvgIpc) is 2.70. The lowest BCUT2D eigenvalue weighted by Gasteiger charge is -2.24. The maximum Gasteiger partial charge on any atom is 0.232 e. The number of hydrogen-bond acceptors (Lipinski definition) is 4. The first-order valence-electron chi connectivity index (χ1n) is 9.83. The van der Waals surface area contributed by atoms with Gasteiger partial charge >= 0.3 is 0 Å². The minimum Gasteiger partial charge on any atom is -0.497 e. The molecule has 8 heteroatoms. The molecular weight excluding hydrogens is 424 g/mol. The maximum absolute atomic E-state index is 12.5. The summed E-state index contributed by atoms with van der Waals surface area (Å²) in [4.78, 5) is 12.5. The number of halogens is 1. The van der Waals surface area contributed by atoms with Gasteiger partial charge in [-0.25, -0.2) is 8.42 Å². The molecule has 0 fully saturated rings. The van der Waals surface area contributed by atoms with E-state index >= 15 is 0 Å². The van der Waals surface area contributed by atoms with E-state index in [1.54, 1.807) is 25.3 Å². The first kappa shape index (κ1) is 24.0. The normalized spacial score (nSPS) is 12.3. The predicted octanol–water partition coefficient (Wildman–Crippen LogP) is 4.47. The summed E-state index contributed by atoms with van der Waals surface area (Å²) in [6, 6.07) is 12.6. The van der Waals surface area contributed by atoms with Crippen LogP contribution in [-0.2, 0) is 14.8 Å². The zero-order valence-electron chi connectivity index (χ0n) is 17.8. The van der Waals surface area contributed by atoms with E-state index in [-0.39, 0.29) is 24.9 Å². The van der Waals surface area contributed by atoms with Crippen LogP contribution < -0.4 is 14.4 Å². The van der Waals surface area contributed by atoms with Gasteiger partial charge in [0.15, 0.2) is 0 Å². The minimum absolute atomic E-state index is 0.107. The summed E-state index contributed by atoms with van der Waals surface area (Å²) in [5, 5.41) is 3.49. The van der Waals surface area contributed by atoms with Gasteiger partial charge in [-0.2, -0.15) is 0 Å². The Morgan fingerprint density at radius 1 is 1.20 bits per heavy atom. The van der Waals surface area contributed by atoms with E-state index < -0.39 is 10.0 Å². The van der Waals surface area contributed by atoms with Crippen molar-refractivity contribution >= 4 is 33.2 Å². The van der Waals surface area contributed by atoms with Crippen LogP contribution in [0.1, 0.15) is 43.4 Å². The third-order valence-corrected chi connectivity index (χ3v) is 6.28. The standard InChI is InChI=1S/C22H29ClN2O4S/c1-5-20(17-9-12-19(29-3)13-10-17)24-22(26)7-6-14-25(30(4,27)28)21-15-18(23)11-8-16(21)2/h8-13,15,20H,5-7,14H2,1-4H3,(H,24,26)/t20-/m1/s1. The second kappa shape index (κ2) is 10.7. The summed E-state index contributed by atoms with van der Waals surface area (Å²) in [5.41, 5.74) is 2.34. The molecule has 2 rings (SSSR count). The van der Waals surface area contributed by atoms with E-state index in [1.165, 1.54) is 4.31 Å². The zero-order valence-corrected chi connectivity index (χ0v) is 19.4. The number of benzene rings is 2. The van der Waals surface area contributed by atoms with Crippen molar-refractivity contribution in [1.82, 2.24) is 5.32 Å². The van der Waals surface area contributed by atoms with E-state index in [9.17, 15) is 13.2 Å². The average molecular weight is 453 g/mol. The summed E-state index contributed by atoms with van der Waals surface area (Å²) in [6.45, 7) is 4.03. The largest absolute Gasteiger partial charge is 0.497 e. The van der Waals surface area contributed by atoms with E-state index in [0.29, 0.717) is 17.1 Å². The highest BCUT2D eigenvalue weighted by Gasteiger charge is 2.20. The summed E-state index contributed by atoms with van der Waals surface area (Å²) in [7, 11) is -1.89. The molecule has 0 saturated carbocycles. The predicted molar refractivity (Wildman–Crippen MR) is 122 cm³/mol. The lowest BCUT2D eigenvalue weighted by atomic mass is 10.0. The molecule has 1 N–H and O–H groups in total. The Morgan fingerprint density at radius 3 is 2.43 bits per heavy atom. The number of anilines is 1. The molecule has 164 valence electrons.